The van der Waals surface area contributed by atoms with Gasteiger partial charge >= 0.3 is 17.1 Å². The molecule has 0 spiro atoms. The molecule has 0 radical (unpaired) electrons. The molecule has 0 aliphatic carbocycles. The largest absolute Gasteiger partial charge is 0.493 e. The Kier molecular flexibility index (Phi) is 4.74. The van der Waals surface area contributed by atoms with Crippen LogP contribution in [0, 0.1) is 0 Å². The molecular weight excluding hydrogens is 340 g/mol. The van der Waals surface area contributed by atoms with Crippen LogP contribution in [-0.2, 0) is 11.2 Å². The minimum absolute atomic E-state index is 0.0241. The van der Waals surface area contributed by atoms with Crippen molar-refractivity contribution in [3.8, 4) is 17.2 Å². The van der Waals surface area contributed by atoms with Gasteiger partial charge in [-0.05, 0) is 5.56 Å². The normalized spacial score (nSPS) is 10.5. The van der Waals surface area contributed by atoms with Gasteiger partial charge in [0, 0.05) is 6.07 Å². The highest BCUT2D eigenvalue weighted by Crippen LogP contribution is 2.41. The van der Waals surface area contributed by atoms with E-state index in [4.69, 9.17) is 14.2 Å². The smallest absolute Gasteiger partial charge is 0.315 e. The molecule has 0 saturated carbocycles. The molecule has 0 amide bonds. The van der Waals surface area contributed by atoms with Crippen LogP contribution in [0.1, 0.15) is 5.56 Å². The van der Waals surface area contributed by atoms with Gasteiger partial charge in [0.15, 0.2) is 5.75 Å². The number of hydrogen-bond acceptors (Lipinski definition) is 6. The number of aromatic amines is 2. The zero-order chi connectivity index (χ0) is 18.7. The maximum Gasteiger partial charge on any atom is 0.315 e. The molecule has 0 aliphatic rings. The molecule has 8 nitrogen and oxygen atoms in total. The Hall–Kier alpha value is -3.55. The minimum Gasteiger partial charge on any atom is -0.493 e. The van der Waals surface area contributed by atoms with Crippen molar-refractivity contribution >= 4 is 17.0 Å². The Bertz CT molecular complexity index is 1070. The van der Waals surface area contributed by atoms with Crippen molar-refractivity contribution in [3.63, 3.8) is 0 Å². The van der Waals surface area contributed by atoms with Crippen LogP contribution in [-0.4, -0.2) is 30.2 Å². The summed E-state index contributed by atoms with van der Waals surface area (Å²) in [6.45, 7) is 0. The van der Waals surface area contributed by atoms with E-state index in [0.29, 0.717) is 0 Å². The lowest BCUT2D eigenvalue weighted by Crippen LogP contribution is -2.29. The first-order valence-corrected chi connectivity index (χ1v) is 7.69. The topological polar surface area (TPSA) is 110 Å². The zero-order valence-corrected chi connectivity index (χ0v) is 14.1. The highest BCUT2D eigenvalue weighted by atomic mass is 16.6. The molecule has 3 aromatic rings. The first-order chi connectivity index (χ1) is 12.5. The van der Waals surface area contributed by atoms with Crippen molar-refractivity contribution in [2.24, 2.45) is 0 Å². The van der Waals surface area contributed by atoms with E-state index in [0.717, 1.165) is 5.56 Å². The molecule has 2 N–H and O–H groups in total. The first-order valence-electron chi connectivity index (χ1n) is 7.69. The van der Waals surface area contributed by atoms with Crippen LogP contribution >= 0.6 is 0 Å². The predicted octanol–water partition coefficient (Wildman–Crippen LogP) is 1.38. The Balaban J connectivity index is 2.10. The van der Waals surface area contributed by atoms with Gasteiger partial charge < -0.3 is 24.2 Å². The van der Waals surface area contributed by atoms with Crippen LogP contribution in [0.3, 0.4) is 0 Å². The van der Waals surface area contributed by atoms with Gasteiger partial charge in [-0.3, -0.25) is 14.4 Å². The number of aromatic nitrogens is 2. The van der Waals surface area contributed by atoms with Crippen molar-refractivity contribution in [1.29, 1.82) is 0 Å². The Morgan fingerprint density at radius 2 is 1.65 bits per heavy atom. The van der Waals surface area contributed by atoms with Crippen LogP contribution in [0.25, 0.3) is 11.0 Å². The minimum atomic E-state index is -0.870. The molecule has 8 heteroatoms. The van der Waals surface area contributed by atoms with E-state index in [1.54, 1.807) is 12.1 Å². The second kappa shape index (κ2) is 7.14. The van der Waals surface area contributed by atoms with Gasteiger partial charge in [-0.1, -0.05) is 30.3 Å². The lowest BCUT2D eigenvalue weighted by molar-refractivity contribution is -0.133. The van der Waals surface area contributed by atoms with E-state index in [1.165, 1.54) is 20.3 Å². The van der Waals surface area contributed by atoms with Crippen molar-refractivity contribution in [3.05, 3.63) is 62.7 Å². The van der Waals surface area contributed by atoms with Gasteiger partial charge in [0.25, 0.3) is 0 Å². The van der Waals surface area contributed by atoms with Crippen molar-refractivity contribution in [2.75, 3.05) is 14.2 Å². The fraction of sp³-hybridized carbons (Fsp3) is 0.167. The number of ether oxygens (including phenoxy) is 3. The maximum atomic E-state index is 12.4. The lowest BCUT2D eigenvalue weighted by Gasteiger charge is -2.15. The second-order valence-corrected chi connectivity index (χ2v) is 5.41. The number of H-pyrrole nitrogens is 2. The summed E-state index contributed by atoms with van der Waals surface area (Å²) in [5.41, 5.74) is -0.551. The molecule has 1 heterocycles. The predicted molar refractivity (Wildman–Crippen MR) is 94.1 cm³/mol. The van der Waals surface area contributed by atoms with Crippen LogP contribution in [0.2, 0.25) is 0 Å². The Morgan fingerprint density at radius 1 is 0.962 bits per heavy atom. The molecule has 0 saturated heterocycles. The summed E-state index contributed by atoms with van der Waals surface area (Å²) in [7, 11) is 2.78. The summed E-state index contributed by atoms with van der Waals surface area (Å²) in [4.78, 5) is 40.5. The fourth-order valence-corrected chi connectivity index (χ4v) is 2.54. The van der Waals surface area contributed by atoms with E-state index in [9.17, 15) is 14.4 Å². The number of esters is 1. The van der Waals surface area contributed by atoms with E-state index in [1.807, 2.05) is 18.2 Å². The Labute approximate surface area is 147 Å². The lowest BCUT2D eigenvalue weighted by atomic mass is 10.1. The van der Waals surface area contributed by atoms with Gasteiger partial charge in [-0.25, -0.2) is 0 Å². The van der Waals surface area contributed by atoms with Gasteiger partial charge in [0.1, 0.15) is 5.52 Å². The van der Waals surface area contributed by atoms with Gasteiger partial charge in [-0.15, -0.1) is 0 Å². The first kappa shape index (κ1) is 17.3. The van der Waals surface area contributed by atoms with Crippen LogP contribution in [0.15, 0.2) is 46.0 Å². The molecule has 0 fully saturated rings. The van der Waals surface area contributed by atoms with Crippen LogP contribution < -0.4 is 25.3 Å². The molecular formula is C18H16N2O6. The van der Waals surface area contributed by atoms with E-state index < -0.39 is 17.1 Å². The third-order valence-electron chi connectivity index (χ3n) is 3.73. The van der Waals surface area contributed by atoms with Gasteiger partial charge in [-0.2, -0.15) is 0 Å². The standard InChI is InChI=1S/C18H16N2O6/c1-24-12-9-11-14(20-18(23)17(22)19-11)16(15(12)25-2)26-13(21)8-10-6-4-3-5-7-10/h3-7,9H,8H2,1-2H3,(H,19,22)(H,20,23). The third kappa shape index (κ3) is 3.30. The SMILES string of the molecule is COc1cc2[nH]c(=O)c(=O)[nH]c2c(OC(=O)Cc2ccccc2)c1OC. The number of carbonyl (C=O) groups is 1. The third-order valence-corrected chi connectivity index (χ3v) is 3.73. The average Bonchev–Trinajstić information content (AvgIpc) is 2.63. The number of hydrogen-bond donors (Lipinski definition) is 2. The number of benzene rings is 2. The van der Waals surface area contributed by atoms with Gasteiger partial charge in [0.2, 0.25) is 11.5 Å². The summed E-state index contributed by atoms with van der Waals surface area (Å²) < 4.78 is 16.0. The van der Waals surface area contributed by atoms with Crippen LogP contribution in [0.5, 0.6) is 17.2 Å². The second-order valence-electron chi connectivity index (χ2n) is 5.41. The number of rotatable bonds is 5. The molecule has 3 rings (SSSR count). The summed E-state index contributed by atoms with van der Waals surface area (Å²) in [5, 5.41) is 0. The zero-order valence-electron chi connectivity index (χ0n) is 14.1. The fourth-order valence-electron chi connectivity index (χ4n) is 2.54. The monoisotopic (exact) mass is 356 g/mol. The summed E-state index contributed by atoms with van der Waals surface area (Å²) in [5.74, 6) is -0.221. The quantitative estimate of drug-likeness (QED) is 0.406. The molecule has 26 heavy (non-hydrogen) atoms. The molecule has 0 aliphatic heterocycles. The van der Waals surface area contributed by atoms with Crippen molar-refractivity contribution in [2.45, 2.75) is 6.42 Å². The molecule has 134 valence electrons. The highest BCUT2D eigenvalue weighted by molar-refractivity contribution is 5.90. The number of nitrogens with one attached hydrogen (secondary N) is 2. The summed E-state index contributed by atoms with van der Waals surface area (Å²) >= 11 is 0. The summed E-state index contributed by atoms with van der Waals surface area (Å²) in [6, 6.07) is 10.5. The van der Waals surface area contributed by atoms with Crippen molar-refractivity contribution < 1.29 is 19.0 Å². The molecule has 0 unspecified atom stereocenters. The van der Waals surface area contributed by atoms with Gasteiger partial charge in [0.05, 0.1) is 26.2 Å². The van der Waals surface area contributed by atoms with Crippen LogP contribution in [0.4, 0.5) is 0 Å². The average molecular weight is 356 g/mol. The van der Waals surface area contributed by atoms with E-state index in [-0.39, 0.29) is 34.7 Å². The maximum absolute atomic E-state index is 12.4. The van der Waals surface area contributed by atoms with E-state index in [2.05, 4.69) is 9.97 Å². The van der Waals surface area contributed by atoms with Crippen molar-refractivity contribution in [1.82, 2.24) is 9.97 Å². The Morgan fingerprint density at radius 3 is 2.31 bits per heavy atom. The molecule has 0 atom stereocenters. The molecule has 2 aromatic carbocycles. The summed E-state index contributed by atoms with van der Waals surface area (Å²) in [6.07, 6.45) is 0.0241. The molecule has 0 bridgehead atoms. The number of carbonyl (C=O) groups excluding carboxylic acids is 1. The number of fused-ring (bicyclic) bond motifs is 1. The molecule has 1 aromatic heterocycles. The van der Waals surface area contributed by atoms with E-state index >= 15 is 0 Å². The highest BCUT2D eigenvalue weighted by Gasteiger charge is 2.21. The number of methoxy groups -OCH3 is 2.